The number of likely N-dealkylation sites (tertiary alicyclic amines) is 1. The van der Waals surface area contributed by atoms with Gasteiger partial charge in [-0.3, -0.25) is 4.79 Å². The molecule has 156 valence electrons. The average molecular weight is 424 g/mol. The average Bonchev–Trinajstić information content (AvgIpc) is 3.12. The smallest absolute Gasteiger partial charge is 0.225 e. The summed E-state index contributed by atoms with van der Waals surface area (Å²) in [5, 5.41) is 1.31. The molecule has 1 saturated heterocycles. The van der Waals surface area contributed by atoms with Crippen molar-refractivity contribution in [2.24, 2.45) is 23.5 Å². The molecule has 0 radical (unpaired) electrons. The zero-order chi connectivity index (χ0) is 18.4. The molecule has 2 saturated carbocycles. The van der Waals surface area contributed by atoms with Crippen molar-refractivity contribution in [2.45, 2.75) is 82.6 Å². The number of hydrogen-bond acceptors (Lipinski definition) is 4. The second kappa shape index (κ2) is 8.61. The number of nitrogens with two attached hydrogens (primary N) is 1. The van der Waals surface area contributed by atoms with Crippen molar-refractivity contribution in [3.05, 3.63) is 15.6 Å². The molecule has 0 spiro atoms. The number of amides is 1. The van der Waals surface area contributed by atoms with Crippen molar-refractivity contribution in [2.75, 3.05) is 13.1 Å². The van der Waals surface area contributed by atoms with Gasteiger partial charge in [-0.25, -0.2) is 4.98 Å². The molecule has 1 amide bonds. The summed E-state index contributed by atoms with van der Waals surface area (Å²) in [6.07, 6.45) is 13.1. The minimum Gasteiger partial charge on any atom is -0.342 e. The molecule has 3 aliphatic carbocycles. The number of aryl methyl sites for hydroxylation is 2. The number of halogens is 1. The van der Waals surface area contributed by atoms with Gasteiger partial charge in [0.1, 0.15) is 0 Å². The van der Waals surface area contributed by atoms with Crippen molar-refractivity contribution in [1.29, 1.82) is 0 Å². The fourth-order valence-electron chi connectivity index (χ4n) is 6.17. The van der Waals surface area contributed by atoms with E-state index in [2.05, 4.69) is 4.90 Å². The molecule has 6 heteroatoms. The molecular weight excluding hydrogens is 390 g/mol. The fraction of sp³-hybridized carbons (Fsp3) is 0.818. The van der Waals surface area contributed by atoms with Crippen LogP contribution in [-0.4, -0.2) is 34.9 Å². The molecule has 1 aliphatic heterocycles. The number of nitrogens with zero attached hydrogens (tertiary/aromatic N) is 2. The maximum absolute atomic E-state index is 13.3. The highest BCUT2D eigenvalue weighted by molar-refractivity contribution is 7.11. The first-order valence-electron chi connectivity index (χ1n) is 11.2. The minimum absolute atomic E-state index is 0. The van der Waals surface area contributed by atoms with Gasteiger partial charge in [-0.1, -0.05) is 6.42 Å². The van der Waals surface area contributed by atoms with Gasteiger partial charge in [-0.05, 0) is 76.0 Å². The van der Waals surface area contributed by atoms with Gasteiger partial charge in [0.05, 0.1) is 10.7 Å². The van der Waals surface area contributed by atoms with Crippen LogP contribution < -0.4 is 5.73 Å². The molecule has 2 bridgehead atoms. The SMILES string of the molecule is Cl.NC1C2CCCC1CC(C(=O)N1CCCC(c3nc4c(s3)CCCC4)C1)C2. The Morgan fingerprint density at radius 3 is 2.54 bits per heavy atom. The van der Waals surface area contributed by atoms with E-state index in [1.165, 1.54) is 60.5 Å². The Bertz CT molecular complexity index is 670. The fourth-order valence-corrected chi connectivity index (χ4v) is 7.45. The molecular formula is C22H34ClN3OS. The zero-order valence-electron chi connectivity index (χ0n) is 16.8. The first-order chi connectivity index (χ1) is 13.2. The molecule has 4 nitrogen and oxygen atoms in total. The summed E-state index contributed by atoms with van der Waals surface area (Å²) in [5.41, 5.74) is 7.80. The molecule has 0 aromatic carbocycles. The van der Waals surface area contributed by atoms with Crippen LogP contribution in [0.25, 0.3) is 0 Å². The summed E-state index contributed by atoms with van der Waals surface area (Å²) in [6.45, 7) is 1.83. The molecule has 2 N–H and O–H groups in total. The first-order valence-corrected chi connectivity index (χ1v) is 12.0. The lowest BCUT2D eigenvalue weighted by molar-refractivity contribution is -0.139. The zero-order valence-corrected chi connectivity index (χ0v) is 18.4. The molecule has 1 aromatic rings. The van der Waals surface area contributed by atoms with E-state index >= 15 is 0 Å². The van der Waals surface area contributed by atoms with E-state index in [1.807, 2.05) is 11.3 Å². The predicted molar refractivity (Wildman–Crippen MR) is 116 cm³/mol. The summed E-state index contributed by atoms with van der Waals surface area (Å²) in [5.74, 6) is 2.27. The summed E-state index contributed by atoms with van der Waals surface area (Å²) in [4.78, 5) is 22.0. The van der Waals surface area contributed by atoms with Crippen LogP contribution in [0.15, 0.2) is 0 Å². The van der Waals surface area contributed by atoms with E-state index < -0.39 is 0 Å². The van der Waals surface area contributed by atoms with Crippen LogP contribution >= 0.6 is 23.7 Å². The second-order valence-corrected chi connectivity index (χ2v) is 10.6. The second-order valence-electron chi connectivity index (χ2n) is 9.45. The summed E-state index contributed by atoms with van der Waals surface area (Å²) in [7, 11) is 0. The number of thiazole rings is 1. The minimum atomic E-state index is 0. The van der Waals surface area contributed by atoms with Crippen molar-refractivity contribution >= 4 is 29.7 Å². The van der Waals surface area contributed by atoms with Crippen LogP contribution in [0.1, 0.15) is 79.3 Å². The van der Waals surface area contributed by atoms with Crippen LogP contribution in [0.2, 0.25) is 0 Å². The maximum Gasteiger partial charge on any atom is 0.225 e. The van der Waals surface area contributed by atoms with E-state index in [4.69, 9.17) is 10.7 Å². The normalized spacial score (nSPS) is 35.0. The molecule has 4 aliphatic rings. The Kier molecular flexibility index (Phi) is 6.34. The standard InChI is InChI=1S/C22H33N3OS.ClH/c23-20-14-5-3-6-15(20)12-17(11-14)22(26)25-10-4-7-16(13-25)21-24-18-8-1-2-9-19(18)27-21;/h14-17,20H,1-13,23H2;1H. The Hall–Kier alpha value is -0.650. The third-order valence-corrected chi connectivity index (χ3v) is 9.03. The van der Waals surface area contributed by atoms with Gasteiger partial charge in [0.25, 0.3) is 0 Å². The Morgan fingerprint density at radius 2 is 1.79 bits per heavy atom. The van der Waals surface area contributed by atoms with E-state index in [0.717, 1.165) is 38.8 Å². The van der Waals surface area contributed by atoms with Crippen molar-refractivity contribution in [3.63, 3.8) is 0 Å². The number of piperidine rings is 1. The molecule has 2 heterocycles. The van der Waals surface area contributed by atoms with Gasteiger partial charge in [-0.2, -0.15) is 0 Å². The van der Waals surface area contributed by atoms with E-state index in [9.17, 15) is 4.79 Å². The number of rotatable bonds is 2. The van der Waals surface area contributed by atoms with Crippen LogP contribution in [0.3, 0.4) is 0 Å². The molecule has 5 rings (SSSR count). The Labute approximate surface area is 179 Å². The number of fused-ring (bicyclic) bond motifs is 3. The van der Waals surface area contributed by atoms with Gasteiger partial charge in [0, 0.05) is 35.8 Å². The molecule has 3 fully saturated rings. The third-order valence-electron chi connectivity index (χ3n) is 7.71. The lowest BCUT2D eigenvalue weighted by Crippen LogP contribution is -2.50. The molecule has 28 heavy (non-hydrogen) atoms. The topological polar surface area (TPSA) is 59.2 Å². The van der Waals surface area contributed by atoms with Crippen molar-refractivity contribution in [1.82, 2.24) is 9.88 Å². The third kappa shape index (κ3) is 3.87. The summed E-state index contributed by atoms with van der Waals surface area (Å²) >= 11 is 1.94. The van der Waals surface area contributed by atoms with Gasteiger partial charge < -0.3 is 10.6 Å². The van der Waals surface area contributed by atoms with Gasteiger partial charge >= 0.3 is 0 Å². The van der Waals surface area contributed by atoms with Gasteiger partial charge in [0.2, 0.25) is 5.91 Å². The lowest BCUT2D eigenvalue weighted by Gasteiger charge is -2.45. The highest BCUT2D eigenvalue weighted by Crippen LogP contribution is 2.43. The van der Waals surface area contributed by atoms with Gasteiger partial charge in [-0.15, -0.1) is 23.7 Å². The van der Waals surface area contributed by atoms with Crippen LogP contribution in [0.4, 0.5) is 0 Å². The Balaban J connectivity index is 0.00000192. The molecule has 3 unspecified atom stereocenters. The number of hydrogen-bond donors (Lipinski definition) is 1. The Morgan fingerprint density at radius 1 is 1.04 bits per heavy atom. The number of aromatic nitrogens is 1. The van der Waals surface area contributed by atoms with Crippen LogP contribution in [0, 0.1) is 17.8 Å². The maximum atomic E-state index is 13.3. The quantitative estimate of drug-likeness (QED) is 0.771. The summed E-state index contributed by atoms with van der Waals surface area (Å²) < 4.78 is 0. The highest BCUT2D eigenvalue weighted by atomic mass is 35.5. The van der Waals surface area contributed by atoms with Crippen molar-refractivity contribution in [3.8, 4) is 0 Å². The van der Waals surface area contributed by atoms with E-state index in [0.29, 0.717) is 29.7 Å². The lowest BCUT2D eigenvalue weighted by atomic mass is 9.65. The monoisotopic (exact) mass is 423 g/mol. The van der Waals surface area contributed by atoms with Gasteiger partial charge in [0.15, 0.2) is 0 Å². The van der Waals surface area contributed by atoms with Crippen molar-refractivity contribution < 1.29 is 4.79 Å². The highest BCUT2D eigenvalue weighted by Gasteiger charge is 2.42. The largest absolute Gasteiger partial charge is 0.342 e. The molecule has 3 atom stereocenters. The van der Waals surface area contributed by atoms with Crippen LogP contribution in [0.5, 0.6) is 0 Å². The number of carbonyl (C=O) groups excluding carboxylic acids is 1. The van der Waals surface area contributed by atoms with Crippen LogP contribution in [-0.2, 0) is 17.6 Å². The predicted octanol–water partition coefficient (Wildman–Crippen LogP) is 4.30. The molecule has 1 aromatic heterocycles. The number of carbonyl (C=O) groups is 1. The van der Waals surface area contributed by atoms with E-state index in [1.54, 1.807) is 0 Å². The first kappa shape index (κ1) is 20.6. The van der Waals surface area contributed by atoms with E-state index in [-0.39, 0.29) is 18.3 Å². The summed E-state index contributed by atoms with van der Waals surface area (Å²) in [6, 6.07) is 0.346.